The molecule has 0 bridgehead atoms. The third-order valence-electron chi connectivity index (χ3n) is 3.69. The van der Waals surface area contributed by atoms with Crippen molar-refractivity contribution in [3.8, 4) is 0 Å². The first-order chi connectivity index (χ1) is 7.65. The Labute approximate surface area is 96.9 Å². The van der Waals surface area contributed by atoms with Gasteiger partial charge in [-0.25, -0.2) is 4.39 Å². The summed E-state index contributed by atoms with van der Waals surface area (Å²) >= 11 is 0. The first-order valence-corrected chi connectivity index (χ1v) is 6.15. The molecule has 0 heterocycles. The Bertz CT molecular complexity index is 350. The van der Waals surface area contributed by atoms with Crippen molar-refractivity contribution in [2.45, 2.75) is 38.6 Å². The number of hydrogen-bond donors (Lipinski definition) is 1. The van der Waals surface area contributed by atoms with E-state index in [0.717, 1.165) is 24.3 Å². The molecular formula is C14H20FN. The van der Waals surface area contributed by atoms with Crippen molar-refractivity contribution < 1.29 is 4.39 Å². The zero-order valence-electron chi connectivity index (χ0n) is 9.83. The van der Waals surface area contributed by atoms with E-state index < -0.39 is 0 Å². The van der Waals surface area contributed by atoms with E-state index in [2.05, 4.69) is 6.92 Å². The Morgan fingerprint density at radius 3 is 2.94 bits per heavy atom. The fourth-order valence-corrected chi connectivity index (χ4v) is 2.72. The van der Waals surface area contributed by atoms with Gasteiger partial charge < -0.3 is 5.73 Å². The van der Waals surface area contributed by atoms with Gasteiger partial charge in [0.15, 0.2) is 0 Å². The van der Waals surface area contributed by atoms with Crippen LogP contribution in [0.25, 0.3) is 0 Å². The largest absolute Gasteiger partial charge is 0.327 e. The third kappa shape index (κ3) is 2.82. The summed E-state index contributed by atoms with van der Waals surface area (Å²) in [6.07, 6.45) is 4.45. The lowest BCUT2D eigenvalue weighted by molar-refractivity contribution is 0.244. The van der Waals surface area contributed by atoms with Gasteiger partial charge in [-0.2, -0.15) is 0 Å². The fourth-order valence-electron chi connectivity index (χ4n) is 2.72. The van der Waals surface area contributed by atoms with Crippen LogP contribution in [0.3, 0.4) is 0 Å². The number of rotatable bonds is 2. The van der Waals surface area contributed by atoms with Crippen LogP contribution in [0.2, 0.25) is 0 Å². The van der Waals surface area contributed by atoms with Crippen LogP contribution in [0.15, 0.2) is 24.3 Å². The predicted molar refractivity (Wildman–Crippen MR) is 64.6 cm³/mol. The van der Waals surface area contributed by atoms with Gasteiger partial charge in [0, 0.05) is 6.04 Å². The maximum Gasteiger partial charge on any atom is 0.123 e. The van der Waals surface area contributed by atoms with Crippen molar-refractivity contribution in [1.82, 2.24) is 0 Å². The summed E-state index contributed by atoms with van der Waals surface area (Å²) in [5, 5.41) is 0. The Kier molecular flexibility index (Phi) is 3.59. The van der Waals surface area contributed by atoms with E-state index in [4.69, 9.17) is 5.73 Å². The maximum absolute atomic E-state index is 13.1. The van der Waals surface area contributed by atoms with Gasteiger partial charge in [-0.3, -0.25) is 0 Å². The summed E-state index contributed by atoms with van der Waals surface area (Å²) in [7, 11) is 0. The molecule has 1 aliphatic carbocycles. The summed E-state index contributed by atoms with van der Waals surface area (Å²) in [5.74, 6) is 1.14. The van der Waals surface area contributed by atoms with Gasteiger partial charge in [-0.1, -0.05) is 19.1 Å². The van der Waals surface area contributed by atoms with Crippen molar-refractivity contribution >= 4 is 0 Å². The summed E-state index contributed by atoms with van der Waals surface area (Å²) in [6.45, 7) is 2.28. The molecular weight excluding hydrogens is 201 g/mol. The molecule has 2 N–H and O–H groups in total. The average Bonchev–Trinajstić information content (AvgIpc) is 2.24. The molecule has 2 rings (SSSR count). The molecule has 16 heavy (non-hydrogen) atoms. The normalized spacial score (nSPS) is 30.3. The molecule has 2 heteroatoms. The molecule has 0 saturated heterocycles. The monoisotopic (exact) mass is 221 g/mol. The summed E-state index contributed by atoms with van der Waals surface area (Å²) in [4.78, 5) is 0. The SMILES string of the molecule is CC1CCC(N)C(Cc2cccc(F)c2)C1. The molecule has 1 aliphatic rings. The van der Waals surface area contributed by atoms with E-state index in [9.17, 15) is 4.39 Å². The molecule has 88 valence electrons. The van der Waals surface area contributed by atoms with Gasteiger partial charge in [-0.05, 0) is 55.2 Å². The zero-order chi connectivity index (χ0) is 11.5. The van der Waals surface area contributed by atoms with Gasteiger partial charge in [0.2, 0.25) is 0 Å². The lowest BCUT2D eigenvalue weighted by Gasteiger charge is -2.32. The van der Waals surface area contributed by atoms with E-state index in [0.29, 0.717) is 12.0 Å². The minimum absolute atomic E-state index is 0.144. The lowest BCUT2D eigenvalue weighted by Crippen LogP contribution is -2.36. The topological polar surface area (TPSA) is 26.0 Å². The Morgan fingerprint density at radius 1 is 1.38 bits per heavy atom. The van der Waals surface area contributed by atoms with Crippen molar-refractivity contribution in [3.63, 3.8) is 0 Å². The molecule has 1 fully saturated rings. The molecule has 3 unspecified atom stereocenters. The molecule has 0 aliphatic heterocycles. The van der Waals surface area contributed by atoms with Crippen LogP contribution in [0, 0.1) is 17.7 Å². The first kappa shape index (κ1) is 11.6. The van der Waals surface area contributed by atoms with E-state index in [1.807, 2.05) is 6.07 Å². The molecule has 1 nitrogen and oxygen atoms in total. The summed E-state index contributed by atoms with van der Waals surface area (Å²) < 4.78 is 13.1. The predicted octanol–water partition coefficient (Wildman–Crippen LogP) is 3.13. The highest BCUT2D eigenvalue weighted by Gasteiger charge is 2.25. The van der Waals surface area contributed by atoms with Crippen LogP contribution >= 0.6 is 0 Å². The molecule has 0 spiro atoms. The Morgan fingerprint density at radius 2 is 2.19 bits per heavy atom. The highest BCUT2D eigenvalue weighted by atomic mass is 19.1. The van der Waals surface area contributed by atoms with E-state index in [1.54, 1.807) is 12.1 Å². The van der Waals surface area contributed by atoms with Gasteiger partial charge in [0.05, 0.1) is 0 Å². The van der Waals surface area contributed by atoms with Crippen molar-refractivity contribution in [2.24, 2.45) is 17.6 Å². The molecule has 0 aromatic heterocycles. The van der Waals surface area contributed by atoms with Crippen LogP contribution in [0.5, 0.6) is 0 Å². The zero-order valence-corrected chi connectivity index (χ0v) is 9.83. The smallest absolute Gasteiger partial charge is 0.123 e. The highest BCUT2D eigenvalue weighted by molar-refractivity contribution is 5.17. The van der Waals surface area contributed by atoms with Crippen LogP contribution in [0.4, 0.5) is 4.39 Å². The molecule has 1 aromatic rings. The van der Waals surface area contributed by atoms with Crippen LogP contribution in [-0.4, -0.2) is 6.04 Å². The molecule has 0 amide bonds. The molecule has 0 radical (unpaired) electrons. The second-order valence-electron chi connectivity index (χ2n) is 5.18. The van der Waals surface area contributed by atoms with Gasteiger partial charge in [0.25, 0.3) is 0 Å². The van der Waals surface area contributed by atoms with Crippen LogP contribution in [-0.2, 0) is 6.42 Å². The van der Waals surface area contributed by atoms with Crippen molar-refractivity contribution in [2.75, 3.05) is 0 Å². The molecule has 1 saturated carbocycles. The van der Waals surface area contributed by atoms with Crippen molar-refractivity contribution in [1.29, 1.82) is 0 Å². The minimum Gasteiger partial charge on any atom is -0.327 e. The van der Waals surface area contributed by atoms with E-state index in [1.165, 1.54) is 18.9 Å². The van der Waals surface area contributed by atoms with Crippen LogP contribution in [0.1, 0.15) is 31.7 Å². The quantitative estimate of drug-likeness (QED) is 0.815. The van der Waals surface area contributed by atoms with E-state index >= 15 is 0 Å². The fraction of sp³-hybridized carbons (Fsp3) is 0.571. The molecule has 3 atom stereocenters. The number of nitrogens with two attached hydrogens (primary N) is 1. The Balaban J connectivity index is 2.02. The summed E-state index contributed by atoms with van der Waals surface area (Å²) in [5.41, 5.74) is 7.21. The second kappa shape index (κ2) is 4.96. The Hall–Kier alpha value is -0.890. The highest BCUT2D eigenvalue weighted by Crippen LogP contribution is 2.30. The van der Waals surface area contributed by atoms with Gasteiger partial charge >= 0.3 is 0 Å². The number of hydrogen-bond acceptors (Lipinski definition) is 1. The lowest BCUT2D eigenvalue weighted by atomic mass is 9.76. The van der Waals surface area contributed by atoms with E-state index in [-0.39, 0.29) is 5.82 Å². The average molecular weight is 221 g/mol. The molecule has 1 aromatic carbocycles. The minimum atomic E-state index is -0.144. The maximum atomic E-state index is 13.1. The van der Waals surface area contributed by atoms with Gasteiger partial charge in [-0.15, -0.1) is 0 Å². The third-order valence-corrected chi connectivity index (χ3v) is 3.69. The van der Waals surface area contributed by atoms with Crippen LogP contribution < -0.4 is 5.73 Å². The van der Waals surface area contributed by atoms with Crippen molar-refractivity contribution in [3.05, 3.63) is 35.6 Å². The standard InChI is InChI=1S/C14H20FN/c1-10-5-6-14(16)12(7-10)8-11-3-2-4-13(15)9-11/h2-4,9-10,12,14H,5-8,16H2,1H3. The van der Waals surface area contributed by atoms with Gasteiger partial charge in [0.1, 0.15) is 5.82 Å². The summed E-state index contributed by atoms with van der Waals surface area (Å²) in [6, 6.07) is 7.19. The number of benzene rings is 1. The second-order valence-corrected chi connectivity index (χ2v) is 5.18. The first-order valence-electron chi connectivity index (χ1n) is 6.15. The number of halogens is 1.